The van der Waals surface area contributed by atoms with Crippen LogP contribution in [0.5, 0.6) is 0 Å². The van der Waals surface area contributed by atoms with Crippen LogP contribution in [0.2, 0.25) is 0 Å². The van der Waals surface area contributed by atoms with Crippen molar-refractivity contribution in [1.29, 1.82) is 0 Å². The van der Waals surface area contributed by atoms with E-state index >= 15 is 0 Å². The van der Waals surface area contributed by atoms with Crippen LogP contribution in [0.3, 0.4) is 0 Å². The van der Waals surface area contributed by atoms with E-state index in [4.69, 9.17) is 34.2 Å². The summed E-state index contributed by atoms with van der Waals surface area (Å²) in [5, 5.41) is 8.12. The number of amides is 4. The van der Waals surface area contributed by atoms with Crippen molar-refractivity contribution in [1.82, 2.24) is 16.0 Å². The predicted molar refractivity (Wildman–Crippen MR) is 253 cm³/mol. The number of nitrogens with one attached hydrogen (secondary N) is 3. The lowest BCUT2D eigenvalue weighted by Crippen LogP contribution is -2.54. The molecule has 0 aromatic carbocycles. The van der Waals surface area contributed by atoms with Crippen LogP contribution >= 0.6 is 0 Å². The van der Waals surface area contributed by atoms with Crippen molar-refractivity contribution in [2.24, 2.45) is 58.0 Å². The van der Waals surface area contributed by atoms with Gasteiger partial charge in [0, 0.05) is 39.0 Å². The molecule has 0 saturated heterocycles. The van der Waals surface area contributed by atoms with Crippen LogP contribution in [0.1, 0.15) is 151 Å². The molecule has 0 aromatic rings. The van der Waals surface area contributed by atoms with Crippen molar-refractivity contribution in [3.8, 4) is 0 Å². The van der Waals surface area contributed by atoms with Gasteiger partial charge in [0.1, 0.15) is 12.1 Å². The average molecular weight is 935 g/mol. The van der Waals surface area contributed by atoms with Gasteiger partial charge in [-0.15, -0.1) is 0 Å². The Morgan fingerprint density at radius 2 is 1.20 bits per heavy atom. The van der Waals surface area contributed by atoms with Gasteiger partial charge in [-0.1, -0.05) is 60.8 Å². The van der Waals surface area contributed by atoms with Gasteiger partial charge in [0.05, 0.1) is 65.9 Å². The van der Waals surface area contributed by atoms with Crippen LogP contribution in [0.15, 0.2) is 0 Å². The zero-order chi connectivity index (χ0) is 48.0. The van der Waals surface area contributed by atoms with Gasteiger partial charge >= 0.3 is 5.97 Å². The predicted octanol–water partition coefficient (Wildman–Crippen LogP) is 6.28. The Morgan fingerprint density at radius 1 is 0.636 bits per heavy atom. The van der Waals surface area contributed by atoms with E-state index in [0.29, 0.717) is 70.5 Å². The fourth-order valence-corrected chi connectivity index (χ4v) is 12.3. The van der Waals surface area contributed by atoms with Crippen LogP contribution in [0, 0.1) is 52.3 Å². The Hall–Kier alpha value is -2.85. The molecule has 380 valence electrons. The summed E-state index contributed by atoms with van der Waals surface area (Å²) in [6, 6.07) is -1.16. The van der Waals surface area contributed by atoms with Crippen molar-refractivity contribution in [3.63, 3.8) is 0 Å². The van der Waals surface area contributed by atoms with E-state index in [1.807, 2.05) is 6.92 Å². The lowest BCUT2D eigenvalue weighted by molar-refractivity contribution is -0.163. The lowest BCUT2D eigenvalue weighted by Gasteiger charge is -2.61. The molecule has 0 spiro atoms. The summed E-state index contributed by atoms with van der Waals surface area (Å²) in [7, 11) is 0. The topological polar surface area (TPSA) is 203 Å². The Labute approximate surface area is 396 Å². The largest absolute Gasteiger partial charge is 0.462 e. The van der Waals surface area contributed by atoms with Crippen LogP contribution < -0.4 is 21.7 Å². The molecule has 15 nitrogen and oxygen atoms in total. The van der Waals surface area contributed by atoms with Gasteiger partial charge in [-0.2, -0.15) is 0 Å². The Bertz CT molecular complexity index is 1480. The molecule has 4 rings (SSSR count). The molecule has 0 bridgehead atoms. The first-order chi connectivity index (χ1) is 31.7. The van der Waals surface area contributed by atoms with Gasteiger partial charge in [0.25, 0.3) is 0 Å². The summed E-state index contributed by atoms with van der Waals surface area (Å²) in [4.78, 5) is 61.8. The summed E-state index contributed by atoms with van der Waals surface area (Å²) in [6.45, 7) is 18.5. The monoisotopic (exact) mass is 935 g/mol. The zero-order valence-corrected chi connectivity index (χ0v) is 41.8. The summed E-state index contributed by atoms with van der Waals surface area (Å²) in [6.07, 6.45) is 15.7. The quantitative estimate of drug-likeness (QED) is 0.0427. The van der Waals surface area contributed by atoms with Gasteiger partial charge in [0.15, 0.2) is 0 Å². The second kappa shape index (κ2) is 29.2. The van der Waals surface area contributed by atoms with E-state index in [0.717, 1.165) is 61.2 Å². The molecule has 10 atom stereocenters. The minimum absolute atomic E-state index is 0.0141. The lowest BCUT2D eigenvalue weighted by atomic mass is 9.44. The number of nitrogens with two attached hydrogens (primary N) is 1. The van der Waals surface area contributed by atoms with E-state index in [1.165, 1.54) is 57.8 Å². The summed E-state index contributed by atoms with van der Waals surface area (Å²) in [5.74, 6) is 3.38. The number of primary amides is 1. The van der Waals surface area contributed by atoms with Gasteiger partial charge < -0.3 is 50.1 Å². The van der Waals surface area contributed by atoms with E-state index in [2.05, 4.69) is 50.6 Å². The molecular weight excluding hydrogens is 845 g/mol. The number of hydrogen-bond donors (Lipinski definition) is 4. The smallest absolute Gasteiger partial charge is 0.308 e. The highest BCUT2D eigenvalue weighted by Crippen LogP contribution is 2.68. The molecule has 5 N–H and O–H groups in total. The average Bonchev–Trinajstić information content (AvgIpc) is 3.63. The highest BCUT2D eigenvalue weighted by Gasteiger charge is 2.60. The van der Waals surface area contributed by atoms with Gasteiger partial charge in [-0.05, 0) is 116 Å². The second-order valence-corrected chi connectivity index (χ2v) is 20.8. The number of rotatable bonds is 33. The molecule has 4 aliphatic rings. The molecule has 66 heavy (non-hydrogen) atoms. The van der Waals surface area contributed by atoms with Crippen molar-refractivity contribution in [3.05, 3.63) is 0 Å². The molecule has 4 fully saturated rings. The number of carbonyl (C=O) groups excluding carboxylic acids is 5. The fourth-order valence-electron chi connectivity index (χ4n) is 12.3. The highest BCUT2D eigenvalue weighted by molar-refractivity contribution is 5.90. The van der Waals surface area contributed by atoms with E-state index < -0.39 is 23.8 Å². The third kappa shape index (κ3) is 17.9. The molecule has 0 aliphatic heterocycles. The number of esters is 1. The molecule has 0 radical (unpaired) electrons. The standard InChI is InChI=1S/C51H90N4O11/c1-7-24-61-25-17-45(56)53-22-28-64-32-30-62-26-18-46(57)54-23-29-65-33-31-63-27-19-47(58)55-44(49(52)60)35-48(59)66-39-15-20-50(5)38(34-39)11-12-40-42-14-13-41(37(4)10-8-9-36(2)3)51(42,6)21-16-43(40)50/h36-44H,7-35H2,1-6H3,(H2,52,60)(H,53,56)(H,54,57)(H,55,58)/t37?,38?,39-,40?,41?,42?,43?,44-,50-,51+/m0/s1. The molecule has 0 aromatic heterocycles. The summed E-state index contributed by atoms with van der Waals surface area (Å²) < 4.78 is 33.1. The molecule has 4 aliphatic carbocycles. The first-order valence-electron chi connectivity index (χ1n) is 25.9. The highest BCUT2D eigenvalue weighted by atomic mass is 16.5. The SMILES string of the molecule is CCCOCCC(=O)NCCOCCOCCC(=O)NCCOCCOCCC(=O)N[C@@H](CC(=O)O[C@H]1CC[C@@]2(C)C(CCC3C4CCC(C(C)CCCC(C)C)[C@@]4(C)CCC32)C1)C(N)=O. The third-order valence-electron chi connectivity index (χ3n) is 15.8. The second-order valence-electron chi connectivity index (χ2n) is 20.8. The first kappa shape index (κ1) is 55.7. The van der Waals surface area contributed by atoms with E-state index in [1.54, 1.807) is 0 Å². The minimum atomic E-state index is -1.16. The maximum atomic E-state index is 13.2. The normalized spacial score (nSPS) is 27.8. The molecule has 15 heteroatoms. The maximum absolute atomic E-state index is 13.2. The fraction of sp³-hybridized carbons (Fsp3) is 0.902. The van der Waals surface area contributed by atoms with Crippen molar-refractivity contribution in [2.75, 3.05) is 79.2 Å². The van der Waals surface area contributed by atoms with E-state index in [9.17, 15) is 24.0 Å². The maximum Gasteiger partial charge on any atom is 0.308 e. The molecule has 0 heterocycles. The Balaban J connectivity index is 1.01. The molecule has 4 amide bonds. The van der Waals surface area contributed by atoms with Gasteiger partial charge in [0.2, 0.25) is 23.6 Å². The van der Waals surface area contributed by atoms with Crippen LogP contribution in [-0.4, -0.2) is 121 Å². The number of ether oxygens (including phenoxy) is 6. The summed E-state index contributed by atoms with van der Waals surface area (Å²) >= 11 is 0. The Morgan fingerprint density at radius 3 is 1.79 bits per heavy atom. The summed E-state index contributed by atoms with van der Waals surface area (Å²) in [5.41, 5.74) is 6.35. The van der Waals surface area contributed by atoms with Crippen molar-refractivity contribution in [2.45, 2.75) is 163 Å². The number of fused-ring (bicyclic) bond motifs is 5. The number of hydrogen-bond acceptors (Lipinski definition) is 11. The number of carbonyl (C=O) groups is 5. The van der Waals surface area contributed by atoms with Crippen LogP contribution in [0.25, 0.3) is 0 Å². The van der Waals surface area contributed by atoms with Crippen LogP contribution in [0.4, 0.5) is 0 Å². The first-order valence-corrected chi connectivity index (χ1v) is 25.9. The van der Waals surface area contributed by atoms with Gasteiger partial charge in [-0.3, -0.25) is 24.0 Å². The van der Waals surface area contributed by atoms with Crippen molar-refractivity contribution < 1.29 is 52.4 Å². The minimum Gasteiger partial charge on any atom is -0.462 e. The molecule has 6 unspecified atom stereocenters. The Kier molecular flexibility index (Phi) is 24.7. The molecular formula is C51H90N4O11. The molecule has 4 saturated carbocycles. The van der Waals surface area contributed by atoms with Crippen LogP contribution in [-0.2, 0) is 52.4 Å². The van der Waals surface area contributed by atoms with Crippen molar-refractivity contribution >= 4 is 29.6 Å². The zero-order valence-electron chi connectivity index (χ0n) is 41.8. The van der Waals surface area contributed by atoms with Gasteiger partial charge in [-0.25, -0.2) is 0 Å². The van der Waals surface area contributed by atoms with E-state index in [-0.39, 0.29) is 69.0 Å². The third-order valence-corrected chi connectivity index (χ3v) is 15.8.